The molecule has 0 saturated heterocycles. The first-order valence-electron chi connectivity index (χ1n) is 4.92. The molecule has 0 spiro atoms. The molecule has 2 rings (SSSR count). The number of aliphatic carboxylic acids is 1. The monoisotopic (exact) mass is 229 g/mol. The van der Waals surface area contributed by atoms with Gasteiger partial charge in [0, 0.05) is 0 Å². The summed E-state index contributed by atoms with van der Waals surface area (Å²) < 4.78 is 1.13. The van der Waals surface area contributed by atoms with Crippen LogP contribution in [0.4, 0.5) is 0 Å². The van der Waals surface area contributed by atoms with Crippen molar-refractivity contribution in [2.24, 2.45) is 0 Å². The third-order valence-electron chi connectivity index (χ3n) is 2.17. The minimum Gasteiger partial charge on any atom is -0.543 e. The fourth-order valence-corrected chi connectivity index (χ4v) is 1.37. The number of rotatable bonds is 3. The predicted molar refractivity (Wildman–Crippen MR) is 58.2 cm³/mol. The molecule has 0 bridgehead atoms. The molecule has 0 saturated carbocycles. The molecule has 17 heavy (non-hydrogen) atoms. The summed E-state index contributed by atoms with van der Waals surface area (Å²) in [6, 6.07) is 9.03. The van der Waals surface area contributed by atoms with Crippen LogP contribution in [-0.2, 0) is 4.79 Å². The SMILES string of the molecule is Cc1nnnn1/C(=C/c1ccccc1)C(=O)[O-]. The first-order valence-corrected chi connectivity index (χ1v) is 4.92. The Balaban J connectivity index is 2.48. The topological polar surface area (TPSA) is 83.7 Å². The average Bonchev–Trinajstić information content (AvgIpc) is 2.73. The molecule has 86 valence electrons. The van der Waals surface area contributed by atoms with Gasteiger partial charge in [0.05, 0.1) is 11.7 Å². The van der Waals surface area contributed by atoms with Crippen molar-refractivity contribution in [3.8, 4) is 0 Å². The van der Waals surface area contributed by atoms with Crippen LogP contribution in [0.15, 0.2) is 30.3 Å². The summed E-state index contributed by atoms with van der Waals surface area (Å²) in [4.78, 5) is 11.1. The van der Waals surface area contributed by atoms with Crippen molar-refractivity contribution in [2.75, 3.05) is 0 Å². The Labute approximate surface area is 97.2 Å². The largest absolute Gasteiger partial charge is 0.543 e. The zero-order valence-corrected chi connectivity index (χ0v) is 9.07. The number of aryl methyl sites for hydroxylation is 1. The van der Waals surface area contributed by atoms with Crippen LogP contribution in [-0.4, -0.2) is 26.2 Å². The molecule has 0 fully saturated rings. The molecule has 0 amide bonds. The highest BCUT2D eigenvalue weighted by molar-refractivity contribution is 6.12. The Hall–Kier alpha value is -2.50. The van der Waals surface area contributed by atoms with E-state index in [-0.39, 0.29) is 5.70 Å². The molecule has 1 heterocycles. The summed E-state index contributed by atoms with van der Waals surface area (Å²) in [6.07, 6.45) is 1.46. The van der Waals surface area contributed by atoms with E-state index in [2.05, 4.69) is 15.5 Å². The highest BCUT2D eigenvalue weighted by Gasteiger charge is 2.07. The number of hydrogen-bond acceptors (Lipinski definition) is 5. The van der Waals surface area contributed by atoms with E-state index in [1.54, 1.807) is 19.1 Å². The van der Waals surface area contributed by atoms with Gasteiger partial charge in [0.1, 0.15) is 0 Å². The van der Waals surface area contributed by atoms with E-state index >= 15 is 0 Å². The summed E-state index contributed by atoms with van der Waals surface area (Å²) in [7, 11) is 0. The molecule has 0 atom stereocenters. The van der Waals surface area contributed by atoms with Gasteiger partial charge in [0.15, 0.2) is 5.82 Å². The summed E-state index contributed by atoms with van der Waals surface area (Å²) in [6.45, 7) is 1.61. The number of hydrogen-bond donors (Lipinski definition) is 0. The summed E-state index contributed by atoms with van der Waals surface area (Å²) in [5.74, 6) is -0.944. The van der Waals surface area contributed by atoms with E-state index in [0.717, 1.165) is 10.2 Å². The summed E-state index contributed by atoms with van der Waals surface area (Å²) in [5.41, 5.74) is 0.639. The number of tetrazole rings is 1. The van der Waals surface area contributed by atoms with Gasteiger partial charge in [-0.25, -0.2) is 0 Å². The first kappa shape index (κ1) is 11.0. The van der Waals surface area contributed by atoms with Crippen molar-refractivity contribution in [1.82, 2.24) is 20.2 Å². The van der Waals surface area contributed by atoms with E-state index in [1.807, 2.05) is 18.2 Å². The standard InChI is InChI=1S/C11H10N4O2/c1-8-12-13-14-15(8)10(11(16)17)7-9-5-3-2-4-6-9/h2-7H,1H3,(H,16,17)/p-1/b10-7+. The van der Waals surface area contributed by atoms with Crippen LogP contribution in [0.1, 0.15) is 11.4 Å². The Morgan fingerprint density at radius 3 is 2.59 bits per heavy atom. The third-order valence-corrected chi connectivity index (χ3v) is 2.17. The Morgan fingerprint density at radius 2 is 2.06 bits per heavy atom. The number of carbonyl (C=O) groups is 1. The lowest BCUT2D eigenvalue weighted by atomic mass is 10.2. The normalized spacial score (nSPS) is 11.5. The van der Waals surface area contributed by atoms with Crippen LogP contribution < -0.4 is 5.11 Å². The molecule has 0 aliphatic carbocycles. The minimum absolute atomic E-state index is 0.0984. The number of aromatic nitrogens is 4. The second-order valence-corrected chi connectivity index (χ2v) is 3.37. The molecule has 2 aromatic rings. The smallest absolute Gasteiger partial charge is 0.153 e. The van der Waals surface area contributed by atoms with Crippen LogP contribution in [0.5, 0.6) is 0 Å². The fraction of sp³-hybridized carbons (Fsp3) is 0.0909. The van der Waals surface area contributed by atoms with Crippen molar-refractivity contribution in [3.05, 3.63) is 41.7 Å². The van der Waals surface area contributed by atoms with E-state index in [4.69, 9.17) is 0 Å². The average molecular weight is 229 g/mol. The first-order chi connectivity index (χ1) is 8.18. The Bertz CT molecular complexity index is 560. The number of carboxylic acid groups (broad SMARTS) is 1. The zero-order chi connectivity index (χ0) is 12.3. The highest BCUT2D eigenvalue weighted by Crippen LogP contribution is 2.10. The molecular formula is C11H9N4O2-. The number of carboxylic acids is 1. The molecule has 0 radical (unpaired) electrons. The lowest BCUT2D eigenvalue weighted by Gasteiger charge is -2.08. The van der Waals surface area contributed by atoms with Crippen molar-refractivity contribution in [3.63, 3.8) is 0 Å². The van der Waals surface area contributed by atoms with Gasteiger partial charge < -0.3 is 9.90 Å². The summed E-state index contributed by atoms with van der Waals surface area (Å²) in [5, 5.41) is 21.7. The van der Waals surface area contributed by atoms with Crippen LogP contribution in [0.25, 0.3) is 11.8 Å². The van der Waals surface area contributed by atoms with Crippen molar-refractivity contribution in [2.45, 2.75) is 6.92 Å². The number of carbonyl (C=O) groups excluding carboxylic acids is 1. The molecule has 6 nitrogen and oxygen atoms in total. The van der Waals surface area contributed by atoms with E-state index < -0.39 is 5.97 Å². The molecule has 6 heteroatoms. The van der Waals surface area contributed by atoms with Gasteiger partial charge in [0.25, 0.3) is 0 Å². The molecule has 0 aliphatic rings. The van der Waals surface area contributed by atoms with Crippen molar-refractivity contribution >= 4 is 17.7 Å². The maximum atomic E-state index is 11.1. The molecule has 0 unspecified atom stereocenters. The van der Waals surface area contributed by atoms with Gasteiger partial charge in [-0.1, -0.05) is 30.3 Å². The predicted octanol–water partition coefficient (Wildman–Crippen LogP) is -0.270. The van der Waals surface area contributed by atoms with E-state index in [1.165, 1.54) is 6.08 Å². The summed E-state index contributed by atoms with van der Waals surface area (Å²) >= 11 is 0. The molecule has 0 N–H and O–H groups in total. The van der Waals surface area contributed by atoms with Gasteiger partial charge in [-0.2, -0.15) is 4.68 Å². The maximum absolute atomic E-state index is 11.1. The lowest BCUT2D eigenvalue weighted by Crippen LogP contribution is -2.27. The number of benzene rings is 1. The van der Waals surface area contributed by atoms with Crippen LogP contribution in [0.2, 0.25) is 0 Å². The quantitative estimate of drug-likeness (QED) is 0.676. The van der Waals surface area contributed by atoms with Gasteiger partial charge in [-0.15, -0.1) is 5.10 Å². The van der Waals surface area contributed by atoms with E-state index in [0.29, 0.717) is 5.82 Å². The van der Waals surface area contributed by atoms with E-state index in [9.17, 15) is 9.90 Å². The van der Waals surface area contributed by atoms with Crippen molar-refractivity contribution < 1.29 is 9.90 Å². The third kappa shape index (κ3) is 2.36. The fourth-order valence-electron chi connectivity index (χ4n) is 1.37. The molecular weight excluding hydrogens is 220 g/mol. The minimum atomic E-state index is -1.33. The highest BCUT2D eigenvalue weighted by atomic mass is 16.4. The van der Waals surface area contributed by atoms with Gasteiger partial charge in [-0.05, 0) is 29.0 Å². The van der Waals surface area contributed by atoms with Gasteiger partial charge in [-0.3, -0.25) is 0 Å². The van der Waals surface area contributed by atoms with Crippen molar-refractivity contribution in [1.29, 1.82) is 0 Å². The molecule has 1 aromatic carbocycles. The molecule has 0 aliphatic heterocycles. The van der Waals surface area contributed by atoms with Crippen LogP contribution in [0.3, 0.4) is 0 Å². The number of nitrogens with zero attached hydrogens (tertiary/aromatic N) is 4. The van der Waals surface area contributed by atoms with Crippen LogP contribution >= 0.6 is 0 Å². The Morgan fingerprint density at radius 1 is 1.35 bits per heavy atom. The Kier molecular flexibility index (Phi) is 2.95. The maximum Gasteiger partial charge on any atom is 0.153 e. The molecule has 1 aromatic heterocycles. The zero-order valence-electron chi connectivity index (χ0n) is 9.07. The van der Waals surface area contributed by atoms with Gasteiger partial charge in [0.2, 0.25) is 0 Å². The second kappa shape index (κ2) is 4.56. The second-order valence-electron chi connectivity index (χ2n) is 3.37. The van der Waals surface area contributed by atoms with Crippen LogP contribution in [0, 0.1) is 6.92 Å². The van der Waals surface area contributed by atoms with Gasteiger partial charge >= 0.3 is 0 Å². The lowest BCUT2D eigenvalue weighted by molar-refractivity contribution is -0.296.